The second-order valence-electron chi connectivity index (χ2n) is 5.67. The summed E-state index contributed by atoms with van der Waals surface area (Å²) in [5.74, 6) is -0.100. The summed E-state index contributed by atoms with van der Waals surface area (Å²) in [6, 6.07) is 16.0. The number of ether oxygens (including phenoxy) is 1. The molecule has 1 atom stereocenters. The van der Waals surface area contributed by atoms with E-state index < -0.39 is 6.10 Å². The van der Waals surface area contributed by atoms with Crippen LogP contribution in [0.4, 0.5) is 0 Å². The quantitative estimate of drug-likeness (QED) is 0.862. The van der Waals surface area contributed by atoms with Crippen molar-refractivity contribution in [2.24, 2.45) is 0 Å². The van der Waals surface area contributed by atoms with Crippen LogP contribution in [0.3, 0.4) is 0 Å². The van der Waals surface area contributed by atoms with Crippen molar-refractivity contribution < 1.29 is 9.53 Å². The van der Waals surface area contributed by atoms with E-state index in [1.54, 1.807) is 0 Å². The first-order valence-corrected chi connectivity index (χ1v) is 8.03. The van der Waals surface area contributed by atoms with Crippen molar-refractivity contribution in [3.05, 3.63) is 70.8 Å². The topological polar surface area (TPSA) is 50.4 Å². The molecule has 0 saturated heterocycles. The molecule has 4 nitrogen and oxygen atoms in total. The molecule has 1 aliphatic heterocycles. The summed E-state index contributed by atoms with van der Waals surface area (Å²) in [7, 11) is 0. The van der Waals surface area contributed by atoms with Gasteiger partial charge in [0.15, 0.2) is 6.10 Å². The van der Waals surface area contributed by atoms with Gasteiger partial charge in [-0.2, -0.15) is 0 Å². The highest BCUT2D eigenvalue weighted by atomic mass is 16.5. The monoisotopic (exact) mass is 310 g/mol. The van der Waals surface area contributed by atoms with Gasteiger partial charge in [-0.15, -0.1) is 0 Å². The second-order valence-corrected chi connectivity index (χ2v) is 5.67. The van der Waals surface area contributed by atoms with Gasteiger partial charge in [0.1, 0.15) is 0 Å². The van der Waals surface area contributed by atoms with Crippen molar-refractivity contribution in [1.29, 1.82) is 0 Å². The van der Waals surface area contributed by atoms with Gasteiger partial charge in [-0.05, 0) is 29.2 Å². The second kappa shape index (κ2) is 7.40. The zero-order valence-corrected chi connectivity index (χ0v) is 13.3. The van der Waals surface area contributed by atoms with E-state index in [-0.39, 0.29) is 5.91 Å². The Balaban J connectivity index is 1.65. The van der Waals surface area contributed by atoms with Crippen LogP contribution in [0, 0.1) is 0 Å². The number of fused-ring (bicyclic) bond motifs is 1. The molecule has 0 bridgehead atoms. The van der Waals surface area contributed by atoms with Gasteiger partial charge in [-0.1, -0.05) is 48.5 Å². The molecule has 0 fully saturated rings. The van der Waals surface area contributed by atoms with Gasteiger partial charge in [-0.3, -0.25) is 4.79 Å². The fourth-order valence-electron chi connectivity index (χ4n) is 2.86. The minimum Gasteiger partial charge on any atom is -0.364 e. The summed E-state index contributed by atoms with van der Waals surface area (Å²) in [5, 5.41) is 6.32. The molecule has 2 aromatic carbocycles. The number of carbonyl (C=O) groups is 1. The molecule has 1 aliphatic rings. The zero-order chi connectivity index (χ0) is 16.1. The SMILES string of the molecule is CCOC(C(=O)NCc1ccc2c(c1)CNC2)c1ccccc1. The molecular formula is C19H22N2O2. The van der Waals surface area contributed by atoms with Crippen molar-refractivity contribution in [3.63, 3.8) is 0 Å². The molecule has 4 heteroatoms. The van der Waals surface area contributed by atoms with Gasteiger partial charge in [0.25, 0.3) is 5.91 Å². The van der Waals surface area contributed by atoms with Gasteiger partial charge in [-0.25, -0.2) is 0 Å². The lowest BCUT2D eigenvalue weighted by molar-refractivity contribution is -0.133. The Hall–Kier alpha value is -2.17. The van der Waals surface area contributed by atoms with E-state index in [9.17, 15) is 4.79 Å². The molecule has 0 saturated carbocycles. The van der Waals surface area contributed by atoms with Crippen LogP contribution in [0.15, 0.2) is 48.5 Å². The maximum Gasteiger partial charge on any atom is 0.254 e. The molecular weight excluding hydrogens is 288 g/mol. The molecule has 120 valence electrons. The van der Waals surface area contributed by atoms with Crippen LogP contribution in [-0.2, 0) is 29.2 Å². The molecule has 1 unspecified atom stereocenters. The fraction of sp³-hybridized carbons (Fsp3) is 0.316. The predicted molar refractivity (Wildman–Crippen MR) is 89.6 cm³/mol. The summed E-state index contributed by atoms with van der Waals surface area (Å²) in [6.07, 6.45) is -0.558. The number of benzene rings is 2. The molecule has 3 rings (SSSR count). The Kier molecular flexibility index (Phi) is 5.05. The van der Waals surface area contributed by atoms with E-state index in [1.807, 2.05) is 37.3 Å². The van der Waals surface area contributed by atoms with Gasteiger partial charge in [0, 0.05) is 26.2 Å². The van der Waals surface area contributed by atoms with Crippen molar-refractivity contribution in [2.45, 2.75) is 32.7 Å². The van der Waals surface area contributed by atoms with E-state index in [1.165, 1.54) is 11.1 Å². The number of nitrogens with one attached hydrogen (secondary N) is 2. The van der Waals surface area contributed by atoms with E-state index in [0.717, 1.165) is 24.2 Å². The van der Waals surface area contributed by atoms with E-state index in [4.69, 9.17) is 4.74 Å². The van der Waals surface area contributed by atoms with Crippen LogP contribution in [0.25, 0.3) is 0 Å². The summed E-state index contributed by atoms with van der Waals surface area (Å²) in [6.45, 7) is 4.75. The number of hydrogen-bond acceptors (Lipinski definition) is 3. The van der Waals surface area contributed by atoms with Gasteiger partial charge in [0.2, 0.25) is 0 Å². The number of hydrogen-bond donors (Lipinski definition) is 2. The lowest BCUT2D eigenvalue weighted by Crippen LogP contribution is -2.30. The first-order chi connectivity index (χ1) is 11.3. The highest BCUT2D eigenvalue weighted by Gasteiger charge is 2.20. The number of carbonyl (C=O) groups excluding carboxylic acids is 1. The Morgan fingerprint density at radius 3 is 2.74 bits per heavy atom. The Labute approximate surface area is 136 Å². The summed E-state index contributed by atoms with van der Waals surface area (Å²) >= 11 is 0. The van der Waals surface area contributed by atoms with Crippen molar-refractivity contribution in [3.8, 4) is 0 Å². The molecule has 2 N–H and O–H groups in total. The third-order valence-electron chi connectivity index (χ3n) is 4.04. The van der Waals surface area contributed by atoms with Crippen LogP contribution >= 0.6 is 0 Å². The Bertz CT molecular complexity index is 670. The summed E-state index contributed by atoms with van der Waals surface area (Å²) in [5.41, 5.74) is 4.66. The molecule has 0 aromatic heterocycles. The zero-order valence-electron chi connectivity index (χ0n) is 13.3. The molecule has 0 radical (unpaired) electrons. The fourth-order valence-corrected chi connectivity index (χ4v) is 2.86. The van der Waals surface area contributed by atoms with Crippen molar-refractivity contribution >= 4 is 5.91 Å². The lowest BCUT2D eigenvalue weighted by Gasteiger charge is -2.17. The van der Waals surface area contributed by atoms with Gasteiger partial charge in [0.05, 0.1) is 0 Å². The van der Waals surface area contributed by atoms with Crippen LogP contribution in [0.5, 0.6) is 0 Å². The molecule has 0 spiro atoms. The van der Waals surface area contributed by atoms with Crippen molar-refractivity contribution in [2.75, 3.05) is 6.61 Å². The van der Waals surface area contributed by atoms with E-state index in [2.05, 4.69) is 28.8 Å². The van der Waals surface area contributed by atoms with E-state index in [0.29, 0.717) is 13.2 Å². The predicted octanol–water partition coefficient (Wildman–Crippen LogP) is 2.68. The van der Waals surface area contributed by atoms with Crippen LogP contribution in [0.2, 0.25) is 0 Å². The van der Waals surface area contributed by atoms with Crippen LogP contribution in [0.1, 0.15) is 35.3 Å². The largest absolute Gasteiger partial charge is 0.364 e. The van der Waals surface area contributed by atoms with Crippen LogP contribution in [-0.4, -0.2) is 12.5 Å². The van der Waals surface area contributed by atoms with E-state index >= 15 is 0 Å². The first kappa shape index (κ1) is 15.7. The normalized spacial score (nSPS) is 14.3. The average Bonchev–Trinajstić information content (AvgIpc) is 3.06. The first-order valence-electron chi connectivity index (χ1n) is 8.03. The lowest BCUT2D eigenvalue weighted by atomic mass is 10.1. The minimum atomic E-state index is -0.558. The highest BCUT2D eigenvalue weighted by Crippen LogP contribution is 2.19. The number of amides is 1. The summed E-state index contributed by atoms with van der Waals surface area (Å²) in [4.78, 5) is 12.5. The maximum atomic E-state index is 12.5. The molecule has 23 heavy (non-hydrogen) atoms. The molecule has 2 aromatic rings. The smallest absolute Gasteiger partial charge is 0.254 e. The van der Waals surface area contributed by atoms with Gasteiger partial charge >= 0.3 is 0 Å². The van der Waals surface area contributed by atoms with Crippen molar-refractivity contribution in [1.82, 2.24) is 10.6 Å². The third kappa shape index (κ3) is 3.78. The highest BCUT2D eigenvalue weighted by molar-refractivity contribution is 5.82. The minimum absolute atomic E-state index is 0.100. The number of rotatable bonds is 6. The third-order valence-corrected chi connectivity index (χ3v) is 4.04. The molecule has 0 aliphatic carbocycles. The Morgan fingerprint density at radius 2 is 1.96 bits per heavy atom. The molecule has 1 heterocycles. The standard InChI is InChI=1S/C19H22N2O2/c1-2-23-18(15-6-4-3-5-7-15)19(22)21-11-14-8-9-16-12-20-13-17(16)10-14/h3-10,18,20H,2,11-13H2,1H3,(H,21,22). The van der Waals surface area contributed by atoms with Crippen LogP contribution < -0.4 is 10.6 Å². The maximum absolute atomic E-state index is 12.5. The van der Waals surface area contributed by atoms with Gasteiger partial charge < -0.3 is 15.4 Å². The average molecular weight is 310 g/mol. The molecule has 1 amide bonds. The Morgan fingerprint density at radius 1 is 1.17 bits per heavy atom. The summed E-state index contributed by atoms with van der Waals surface area (Å²) < 4.78 is 5.63.